The van der Waals surface area contributed by atoms with Gasteiger partial charge < -0.3 is 31.2 Å². The number of aromatic nitrogens is 1. The van der Waals surface area contributed by atoms with Gasteiger partial charge in [0.05, 0.1) is 30.0 Å². The summed E-state index contributed by atoms with van der Waals surface area (Å²) in [6, 6.07) is 10.0. The molecule has 9 heteroatoms. The topological polar surface area (TPSA) is 116 Å². The second-order valence-corrected chi connectivity index (χ2v) is 10.9. The van der Waals surface area contributed by atoms with Crippen LogP contribution in [0.5, 0.6) is 5.75 Å². The zero-order chi connectivity index (χ0) is 24.1. The number of pyridine rings is 1. The van der Waals surface area contributed by atoms with Crippen LogP contribution >= 0.6 is 11.3 Å². The maximum absolute atomic E-state index is 13.0. The summed E-state index contributed by atoms with van der Waals surface area (Å²) in [5.74, 6) is 0.686. The number of carbonyl (C=O) groups excluding carboxylic acids is 1. The van der Waals surface area contributed by atoms with Crippen molar-refractivity contribution in [2.45, 2.75) is 56.9 Å². The van der Waals surface area contributed by atoms with Crippen LogP contribution in [0.25, 0.3) is 10.2 Å². The number of hydrogen-bond acceptors (Lipinski definition) is 8. The lowest BCUT2D eigenvalue weighted by atomic mass is 9.96. The van der Waals surface area contributed by atoms with Crippen molar-refractivity contribution in [3.8, 4) is 5.75 Å². The van der Waals surface area contributed by atoms with Crippen molar-refractivity contribution in [2.24, 2.45) is 5.73 Å². The van der Waals surface area contributed by atoms with E-state index in [1.807, 2.05) is 19.1 Å². The minimum atomic E-state index is -0.180. The van der Waals surface area contributed by atoms with Crippen LogP contribution in [0, 0.1) is 6.92 Å². The van der Waals surface area contributed by atoms with Crippen LogP contribution < -0.4 is 26.4 Å². The van der Waals surface area contributed by atoms with Gasteiger partial charge >= 0.3 is 0 Å². The average molecular weight is 494 g/mol. The van der Waals surface area contributed by atoms with E-state index >= 15 is 0 Å². The van der Waals surface area contributed by atoms with Crippen LogP contribution in [-0.4, -0.2) is 54.9 Å². The van der Waals surface area contributed by atoms with E-state index in [-0.39, 0.29) is 24.1 Å². The van der Waals surface area contributed by atoms with Gasteiger partial charge in [0.15, 0.2) is 0 Å². The standard InChI is InChI=1S/C26H31N5O3S/c1-14-5-8-19-23(28)24(35-26(19)29-14)25(32)30-16-9-15-6-7-17(10-21(15)33-13-16)31-11-20(27)22(12-31)34-18-3-2-4-18/h5-8,10,16,18,20,22H,2-4,9,11-13,27-28H2,1H3,(H,30,32)/t16-,20+,22+/m1/s1. The fraction of sp³-hybridized carbons (Fsp3) is 0.462. The van der Waals surface area contributed by atoms with Crippen molar-refractivity contribution in [3.05, 3.63) is 46.5 Å². The van der Waals surface area contributed by atoms with E-state index in [9.17, 15) is 4.79 Å². The molecule has 2 aromatic heterocycles. The van der Waals surface area contributed by atoms with Crippen molar-refractivity contribution in [1.29, 1.82) is 0 Å². The van der Waals surface area contributed by atoms with Crippen LogP contribution in [0.1, 0.15) is 40.2 Å². The molecule has 5 N–H and O–H groups in total. The van der Waals surface area contributed by atoms with Gasteiger partial charge in [-0.05, 0) is 56.4 Å². The number of nitrogens with zero attached hydrogens (tertiary/aromatic N) is 2. The highest BCUT2D eigenvalue weighted by Crippen LogP contribution is 2.35. The maximum Gasteiger partial charge on any atom is 0.263 e. The van der Waals surface area contributed by atoms with Crippen molar-refractivity contribution in [3.63, 3.8) is 0 Å². The number of nitrogens with two attached hydrogens (primary N) is 2. The van der Waals surface area contributed by atoms with Crippen molar-refractivity contribution in [2.75, 3.05) is 30.3 Å². The largest absolute Gasteiger partial charge is 0.491 e. The van der Waals surface area contributed by atoms with Crippen LogP contribution in [0.3, 0.4) is 0 Å². The predicted octanol–water partition coefficient (Wildman–Crippen LogP) is 3.01. The first kappa shape index (κ1) is 22.6. The number of thiophene rings is 1. The number of amides is 1. The summed E-state index contributed by atoms with van der Waals surface area (Å²) in [5.41, 5.74) is 16.2. The zero-order valence-electron chi connectivity index (χ0n) is 19.8. The lowest BCUT2D eigenvalue weighted by Crippen LogP contribution is -2.42. The van der Waals surface area contributed by atoms with Crippen molar-refractivity contribution < 1.29 is 14.3 Å². The Balaban J connectivity index is 1.11. The molecule has 4 heterocycles. The van der Waals surface area contributed by atoms with Crippen LogP contribution in [-0.2, 0) is 11.2 Å². The third kappa shape index (κ3) is 4.32. The van der Waals surface area contributed by atoms with E-state index in [0.717, 1.165) is 58.8 Å². The number of nitrogen functional groups attached to an aromatic ring is 1. The molecule has 2 aliphatic heterocycles. The molecule has 0 radical (unpaired) electrons. The fourth-order valence-corrected chi connectivity index (χ4v) is 6.11. The first-order valence-electron chi connectivity index (χ1n) is 12.3. The van der Waals surface area contributed by atoms with E-state index in [1.165, 1.54) is 17.8 Å². The number of hydrogen-bond donors (Lipinski definition) is 3. The average Bonchev–Trinajstić information content (AvgIpc) is 3.35. The highest BCUT2D eigenvalue weighted by atomic mass is 32.1. The summed E-state index contributed by atoms with van der Waals surface area (Å²) < 4.78 is 12.3. The normalized spacial score (nSPS) is 24.2. The Hall–Kier alpha value is -2.88. The Bertz CT molecular complexity index is 1270. The molecule has 3 aromatic rings. The smallest absolute Gasteiger partial charge is 0.263 e. The van der Waals surface area contributed by atoms with Gasteiger partial charge in [0.2, 0.25) is 0 Å². The van der Waals surface area contributed by atoms with E-state index in [0.29, 0.717) is 29.7 Å². The lowest BCUT2D eigenvalue weighted by Gasteiger charge is -2.30. The first-order chi connectivity index (χ1) is 16.9. The molecule has 184 valence electrons. The molecule has 2 fully saturated rings. The molecule has 3 atom stereocenters. The van der Waals surface area contributed by atoms with E-state index in [4.69, 9.17) is 20.9 Å². The number of ether oxygens (including phenoxy) is 2. The summed E-state index contributed by atoms with van der Waals surface area (Å²) in [5, 5.41) is 3.92. The van der Waals surface area contributed by atoms with E-state index in [1.54, 1.807) is 0 Å². The zero-order valence-corrected chi connectivity index (χ0v) is 20.6. The molecule has 1 saturated carbocycles. The number of rotatable bonds is 5. The predicted molar refractivity (Wildman–Crippen MR) is 138 cm³/mol. The molecule has 0 unspecified atom stereocenters. The number of anilines is 2. The van der Waals surface area contributed by atoms with Gasteiger partial charge in [-0.25, -0.2) is 4.98 Å². The number of aryl methyl sites for hydroxylation is 1. The van der Waals surface area contributed by atoms with Gasteiger partial charge in [-0.1, -0.05) is 6.07 Å². The second-order valence-electron chi connectivity index (χ2n) is 9.92. The Labute approximate surface area is 208 Å². The summed E-state index contributed by atoms with van der Waals surface area (Å²) in [6.45, 7) is 3.92. The Morgan fingerprint density at radius 1 is 1.26 bits per heavy atom. The van der Waals surface area contributed by atoms with Crippen molar-refractivity contribution >= 4 is 38.8 Å². The van der Waals surface area contributed by atoms with Crippen molar-refractivity contribution in [1.82, 2.24) is 10.3 Å². The molecule has 1 aliphatic carbocycles. The Morgan fingerprint density at radius 2 is 2.11 bits per heavy atom. The monoisotopic (exact) mass is 493 g/mol. The summed E-state index contributed by atoms with van der Waals surface area (Å²) in [7, 11) is 0. The second kappa shape index (κ2) is 8.96. The quantitative estimate of drug-likeness (QED) is 0.500. The first-order valence-corrected chi connectivity index (χ1v) is 13.1. The minimum Gasteiger partial charge on any atom is -0.491 e. The third-order valence-corrected chi connectivity index (χ3v) is 8.44. The van der Waals surface area contributed by atoms with Crippen LogP contribution in [0.15, 0.2) is 30.3 Å². The Kier molecular flexibility index (Phi) is 5.78. The van der Waals surface area contributed by atoms with Gasteiger partial charge in [0, 0.05) is 35.9 Å². The summed E-state index contributed by atoms with van der Waals surface area (Å²) in [6.07, 6.45) is 4.73. The van der Waals surface area contributed by atoms with E-state index < -0.39 is 0 Å². The molecule has 0 bridgehead atoms. The number of nitrogens with one attached hydrogen (secondary N) is 1. The van der Waals surface area contributed by atoms with E-state index in [2.05, 4.69) is 33.4 Å². The lowest BCUT2D eigenvalue weighted by molar-refractivity contribution is -0.0469. The molecule has 8 nitrogen and oxygen atoms in total. The molecular weight excluding hydrogens is 462 g/mol. The number of fused-ring (bicyclic) bond motifs is 2. The SMILES string of the molecule is Cc1ccc2c(N)c(C(=O)N[C@H]3COc4cc(N5C[C@H](OC6CCC6)[C@@H](N)C5)ccc4C3)sc2n1. The molecule has 6 rings (SSSR count). The third-order valence-electron chi connectivity index (χ3n) is 7.33. The van der Waals surface area contributed by atoms with Crippen LogP contribution in [0.2, 0.25) is 0 Å². The molecule has 1 amide bonds. The fourth-order valence-electron chi connectivity index (χ4n) is 5.07. The summed E-state index contributed by atoms with van der Waals surface area (Å²) >= 11 is 1.33. The molecule has 0 spiro atoms. The highest BCUT2D eigenvalue weighted by molar-refractivity contribution is 7.21. The molecule has 3 aliphatic rings. The maximum atomic E-state index is 13.0. The molecular formula is C26H31N5O3S. The van der Waals surface area contributed by atoms with Crippen LogP contribution in [0.4, 0.5) is 11.4 Å². The van der Waals surface area contributed by atoms with Gasteiger partial charge in [-0.15, -0.1) is 11.3 Å². The Morgan fingerprint density at radius 3 is 2.91 bits per heavy atom. The number of benzene rings is 1. The van der Waals surface area contributed by atoms with Gasteiger partial charge in [-0.2, -0.15) is 0 Å². The highest BCUT2D eigenvalue weighted by Gasteiger charge is 2.35. The molecule has 1 aromatic carbocycles. The number of carbonyl (C=O) groups is 1. The van der Waals surface area contributed by atoms with Gasteiger partial charge in [0.25, 0.3) is 5.91 Å². The van der Waals surface area contributed by atoms with Gasteiger partial charge in [0.1, 0.15) is 22.1 Å². The summed E-state index contributed by atoms with van der Waals surface area (Å²) in [4.78, 5) is 21.1. The van der Waals surface area contributed by atoms with Gasteiger partial charge in [-0.3, -0.25) is 4.79 Å². The molecule has 35 heavy (non-hydrogen) atoms. The minimum absolute atomic E-state index is 0.0209. The molecule has 1 saturated heterocycles.